The first kappa shape index (κ1) is 36.1. The van der Waals surface area contributed by atoms with Gasteiger partial charge in [-0.05, 0) is 12.1 Å². The smallest absolute Gasteiger partial charge is 0.359 e. The summed E-state index contributed by atoms with van der Waals surface area (Å²) in [7, 11) is -7.26. The van der Waals surface area contributed by atoms with Crippen molar-refractivity contribution in [3.05, 3.63) is 0 Å². The second-order valence-corrected chi connectivity index (χ2v) is 19.1. The van der Waals surface area contributed by atoms with E-state index < -0.39 is 89.3 Å². The van der Waals surface area contributed by atoms with Gasteiger partial charge in [-0.2, -0.15) is 79.0 Å². The van der Waals surface area contributed by atoms with Crippen molar-refractivity contribution in [3.63, 3.8) is 0 Å². The van der Waals surface area contributed by atoms with Crippen LogP contribution in [0, 0.1) is 0 Å². The summed E-state index contributed by atoms with van der Waals surface area (Å²) in [4.78, 5) is 0. The van der Waals surface area contributed by atoms with Crippen molar-refractivity contribution in [1.29, 1.82) is 0 Å². The Hall–Kier alpha value is -0.866. The Kier molecular flexibility index (Phi) is 9.72. The molecule has 0 spiro atoms. The van der Waals surface area contributed by atoms with Crippen molar-refractivity contribution in [2.75, 3.05) is 0 Å². The van der Waals surface area contributed by atoms with Gasteiger partial charge in [-0.25, -0.2) is 0 Å². The fraction of sp³-hybridized carbons (Fsp3) is 1.00. The highest BCUT2D eigenvalue weighted by molar-refractivity contribution is 6.91. The maximum absolute atomic E-state index is 13.8. The third-order valence-corrected chi connectivity index (χ3v) is 13.6. The summed E-state index contributed by atoms with van der Waals surface area (Å²) < 4.78 is 236. The van der Waals surface area contributed by atoms with Gasteiger partial charge in [-0.3, -0.25) is 0 Å². The lowest BCUT2D eigenvalue weighted by atomic mass is 10.0. The minimum atomic E-state index is -7.13. The summed E-state index contributed by atoms with van der Waals surface area (Å²) in [5.41, 5.74) is 0. The highest BCUT2D eigenvalue weighted by atomic mass is 28.4. The van der Waals surface area contributed by atoms with Gasteiger partial charge >= 0.3 is 47.9 Å². The predicted octanol–water partition coefficient (Wildman–Crippen LogP) is 8.70. The average molecular weight is 625 g/mol. The molecule has 0 aromatic rings. The molecule has 0 aromatic carbocycles. The van der Waals surface area contributed by atoms with Gasteiger partial charge in [0, 0.05) is 12.8 Å². The number of alkyl halides is 18. The summed E-state index contributed by atoms with van der Waals surface area (Å²) >= 11 is 0. The van der Waals surface area contributed by atoms with E-state index in [9.17, 15) is 79.0 Å². The molecule has 0 bridgehead atoms. The zero-order valence-electron chi connectivity index (χ0n) is 19.1. The van der Waals surface area contributed by atoms with Crippen molar-refractivity contribution >= 4 is 16.5 Å². The van der Waals surface area contributed by atoms with E-state index >= 15 is 0 Å². The summed E-state index contributed by atoms with van der Waals surface area (Å²) in [6.07, 6.45) is -18.6. The van der Waals surface area contributed by atoms with Crippen LogP contribution in [0.1, 0.15) is 12.8 Å². The quantitative estimate of drug-likeness (QED) is 0.169. The molecule has 0 aliphatic carbocycles. The lowest BCUT2D eigenvalue weighted by Crippen LogP contribution is -2.63. The van der Waals surface area contributed by atoms with Crippen LogP contribution in [0.25, 0.3) is 0 Å². The van der Waals surface area contributed by atoms with Crippen LogP contribution in [0.3, 0.4) is 0 Å². The number of halogens is 18. The van der Waals surface area contributed by atoms with Crippen LogP contribution >= 0.6 is 0 Å². The Bertz CT molecular complexity index is 720. The molecule has 0 aromatic heterocycles. The summed E-state index contributed by atoms with van der Waals surface area (Å²) in [5, 5.41) is 0. The second kappa shape index (κ2) is 9.95. The molecule has 0 atom stereocenters. The largest absolute Gasteiger partial charge is 0.460 e. The van der Waals surface area contributed by atoms with Gasteiger partial charge in [0.15, 0.2) is 0 Å². The van der Waals surface area contributed by atoms with Crippen LogP contribution in [-0.4, -0.2) is 64.4 Å². The Morgan fingerprint density at radius 1 is 0.405 bits per heavy atom. The minimum absolute atomic E-state index is 1.00. The maximum atomic E-state index is 13.8. The van der Waals surface area contributed by atoms with E-state index in [1.165, 1.54) is 0 Å². The van der Waals surface area contributed by atoms with Crippen LogP contribution < -0.4 is 4.65 Å². The third kappa shape index (κ3) is 7.21. The SMILES string of the molecule is C[Si](C)(CCC(F)(F)C(F)(F)C(F)(F)C(F)(F)F)N[Si](C)(C)CCC(F)(F)C(F)(F)C(F)(F)C(F)(F)F. The lowest BCUT2D eigenvalue weighted by molar-refractivity contribution is -0.396. The Morgan fingerprint density at radius 2 is 0.622 bits per heavy atom. The number of nitrogens with one attached hydrogen (secondary N) is 1. The fourth-order valence-electron chi connectivity index (χ4n) is 3.11. The maximum Gasteiger partial charge on any atom is 0.460 e. The number of rotatable bonds is 12. The molecule has 0 aliphatic heterocycles. The van der Waals surface area contributed by atoms with Gasteiger partial charge in [0.1, 0.15) is 16.5 Å². The molecule has 0 aliphatic rings. The zero-order chi connectivity index (χ0) is 30.5. The zero-order valence-corrected chi connectivity index (χ0v) is 21.1. The molecular weight excluding hydrogens is 604 g/mol. The van der Waals surface area contributed by atoms with Crippen molar-refractivity contribution in [1.82, 2.24) is 4.65 Å². The molecule has 1 N–H and O–H groups in total. The fourth-order valence-corrected chi connectivity index (χ4v) is 13.3. The van der Waals surface area contributed by atoms with Gasteiger partial charge in [0.05, 0.1) is 0 Å². The average Bonchev–Trinajstić information content (AvgIpc) is 2.62. The van der Waals surface area contributed by atoms with Gasteiger partial charge < -0.3 is 4.65 Å². The van der Waals surface area contributed by atoms with Crippen molar-refractivity contribution in [3.8, 4) is 0 Å². The van der Waals surface area contributed by atoms with Crippen LogP contribution in [-0.2, 0) is 0 Å². The van der Waals surface area contributed by atoms with E-state index in [2.05, 4.69) is 4.65 Å². The normalized spacial score (nSPS) is 16.4. The third-order valence-electron chi connectivity index (χ3n) is 5.22. The molecule has 21 heteroatoms. The highest BCUT2D eigenvalue weighted by Gasteiger charge is 2.82. The molecule has 0 radical (unpaired) electrons. The molecule has 0 amide bonds. The number of hydrogen-bond acceptors (Lipinski definition) is 1. The molecular formula is C16H21F18NSi2. The van der Waals surface area contributed by atoms with Gasteiger partial charge in [-0.1, -0.05) is 26.2 Å². The molecule has 1 nitrogen and oxygen atoms in total. The molecule has 37 heavy (non-hydrogen) atoms. The van der Waals surface area contributed by atoms with Crippen LogP contribution in [0.5, 0.6) is 0 Å². The van der Waals surface area contributed by atoms with Crippen LogP contribution in [0.15, 0.2) is 0 Å². The van der Waals surface area contributed by atoms with Gasteiger partial charge in [0.25, 0.3) is 0 Å². The summed E-state index contributed by atoms with van der Waals surface area (Å²) in [5.74, 6) is -39.9. The minimum Gasteiger partial charge on any atom is -0.359 e. The number of hydrogen-bond donors (Lipinski definition) is 1. The Morgan fingerprint density at radius 3 is 0.811 bits per heavy atom. The van der Waals surface area contributed by atoms with Gasteiger partial charge in [-0.15, -0.1) is 0 Å². The van der Waals surface area contributed by atoms with E-state index in [4.69, 9.17) is 0 Å². The summed E-state index contributed by atoms with van der Waals surface area (Å²) in [6.45, 7) is 4.01. The molecule has 0 saturated carbocycles. The Balaban J connectivity index is 5.57. The predicted molar refractivity (Wildman–Crippen MR) is 98.7 cm³/mol. The summed E-state index contributed by atoms with van der Waals surface area (Å²) in [6, 6.07) is -2.36. The highest BCUT2D eigenvalue weighted by Crippen LogP contribution is 2.56. The first-order valence-corrected chi connectivity index (χ1v) is 16.2. The molecule has 0 unspecified atom stereocenters. The molecule has 0 saturated heterocycles. The molecule has 224 valence electrons. The first-order valence-electron chi connectivity index (χ1n) is 9.82. The van der Waals surface area contributed by atoms with Crippen LogP contribution in [0.2, 0.25) is 38.3 Å². The lowest BCUT2D eigenvalue weighted by Gasteiger charge is -2.39. The molecule has 0 heterocycles. The first-order chi connectivity index (χ1) is 15.6. The topological polar surface area (TPSA) is 12.0 Å². The second-order valence-electron chi connectivity index (χ2n) is 9.59. The van der Waals surface area contributed by atoms with E-state index in [1.807, 2.05) is 0 Å². The monoisotopic (exact) mass is 625 g/mol. The van der Waals surface area contributed by atoms with Crippen molar-refractivity contribution in [2.45, 2.75) is 99.0 Å². The van der Waals surface area contributed by atoms with E-state index in [1.54, 1.807) is 0 Å². The van der Waals surface area contributed by atoms with Crippen LogP contribution in [0.4, 0.5) is 79.0 Å². The van der Waals surface area contributed by atoms with Crippen molar-refractivity contribution in [2.24, 2.45) is 0 Å². The van der Waals surface area contributed by atoms with E-state index in [0.29, 0.717) is 0 Å². The molecule has 0 fully saturated rings. The Labute approximate surface area is 200 Å². The van der Waals surface area contributed by atoms with E-state index in [-0.39, 0.29) is 0 Å². The van der Waals surface area contributed by atoms with Crippen molar-refractivity contribution < 1.29 is 79.0 Å². The van der Waals surface area contributed by atoms with Gasteiger partial charge in [0.2, 0.25) is 0 Å². The van der Waals surface area contributed by atoms with E-state index in [0.717, 1.165) is 26.2 Å². The standard InChI is InChI=1S/C16H21F18NSi2/c1-36(2,7-5-9(17,18)11(21,22)13(25,26)15(29,30)31)35-37(3,4)8-6-10(19,20)12(23,24)14(27,28)16(32,33)34/h35H,5-8H2,1-4H3. The molecule has 0 rings (SSSR count).